The Morgan fingerprint density at radius 2 is 2.12 bits per heavy atom. The first-order chi connectivity index (χ1) is 12.5. The maximum Gasteiger partial charge on any atom is 0.355 e. The number of carbonyl (C=O) groups is 1. The average molecular weight is 373 g/mol. The van der Waals surface area contributed by atoms with Crippen LogP contribution in [0.15, 0.2) is 36.5 Å². The van der Waals surface area contributed by atoms with Crippen molar-refractivity contribution in [2.24, 2.45) is 0 Å². The third-order valence-electron chi connectivity index (χ3n) is 3.54. The fourth-order valence-electron chi connectivity index (χ4n) is 2.32. The van der Waals surface area contributed by atoms with Gasteiger partial charge < -0.3 is 20.8 Å². The number of hydrogen-bond donors (Lipinski definition) is 3. The van der Waals surface area contributed by atoms with Gasteiger partial charge >= 0.3 is 5.97 Å². The number of nitrogens with two attached hydrogens (primary N) is 1. The highest BCUT2D eigenvalue weighted by atomic mass is 35.5. The van der Waals surface area contributed by atoms with Crippen molar-refractivity contribution in [3.05, 3.63) is 58.6 Å². The van der Waals surface area contributed by atoms with Gasteiger partial charge in [-0.2, -0.15) is 15.0 Å². The van der Waals surface area contributed by atoms with Gasteiger partial charge in [-0.25, -0.2) is 4.79 Å². The molecule has 8 nitrogen and oxygen atoms in total. The zero-order chi connectivity index (χ0) is 18.5. The number of aromatic nitrogens is 4. The van der Waals surface area contributed by atoms with E-state index in [0.717, 1.165) is 17.7 Å². The number of nitrogens with zero attached hydrogens (tertiary/aromatic N) is 3. The van der Waals surface area contributed by atoms with Crippen LogP contribution in [-0.4, -0.2) is 25.9 Å². The van der Waals surface area contributed by atoms with Gasteiger partial charge in [0.15, 0.2) is 12.4 Å². The number of aromatic amines is 1. The summed E-state index contributed by atoms with van der Waals surface area (Å²) in [6, 6.07) is 9.28. The van der Waals surface area contributed by atoms with E-state index in [0.29, 0.717) is 5.02 Å². The molecule has 0 radical (unpaired) electrons. The van der Waals surface area contributed by atoms with Gasteiger partial charge in [0, 0.05) is 11.9 Å². The minimum atomic E-state index is -0.568. The van der Waals surface area contributed by atoms with E-state index in [-0.39, 0.29) is 30.0 Å². The summed E-state index contributed by atoms with van der Waals surface area (Å²) in [5.41, 5.74) is 7.97. The molecule has 0 aliphatic carbocycles. The van der Waals surface area contributed by atoms with Crippen molar-refractivity contribution in [2.75, 3.05) is 11.1 Å². The molecule has 0 aliphatic heterocycles. The van der Waals surface area contributed by atoms with Gasteiger partial charge in [0.05, 0.1) is 5.02 Å². The molecule has 0 unspecified atom stereocenters. The number of aryl methyl sites for hydroxylation is 1. The molecule has 0 bridgehead atoms. The summed E-state index contributed by atoms with van der Waals surface area (Å²) >= 11 is 5.77. The summed E-state index contributed by atoms with van der Waals surface area (Å²) in [7, 11) is 0. The Morgan fingerprint density at radius 3 is 2.85 bits per heavy atom. The van der Waals surface area contributed by atoms with E-state index in [1.54, 1.807) is 0 Å². The van der Waals surface area contributed by atoms with Crippen LogP contribution in [0.2, 0.25) is 5.02 Å². The number of H-pyrrole nitrogens is 1. The predicted molar refractivity (Wildman–Crippen MR) is 98.3 cm³/mol. The molecule has 0 amide bonds. The summed E-state index contributed by atoms with van der Waals surface area (Å²) < 4.78 is 5.17. The smallest absolute Gasteiger partial charge is 0.355 e. The first-order valence-corrected chi connectivity index (χ1v) is 8.29. The molecule has 0 spiro atoms. The average Bonchev–Trinajstić information content (AvgIpc) is 3.06. The molecule has 0 atom stereocenters. The molecular formula is C17H17ClN6O2. The molecule has 0 aliphatic rings. The third kappa shape index (κ3) is 4.28. The quantitative estimate of drug-likeness (QED) is 0.569. The first-order valence-electron chi connectivity index (χ1n) is 7.91. The lowest BCUT2D eigenvalue weighted by atomic mass is 10.1. The lowest BCUT2D eigenvalue weighted by molar-refractivity contribution is 0.0456. The van der Waals surface area contributed by atoms with Crippen molar-refractivity contribution in [1.29, 1.82) is 0 Å². The Hall–Kier alpha value is -3.13. The van der Waals surface area contributed by atoms with Crippen LogP contribution >= 0.6 is 11.6 Å². The highest BCUT2D eigenvalue weighted by molar-refractivity contribution is 6.30. The van der Waals surface area contributed by atoms with E-state index in [9.17, 15) is 4.79 Å². The van der Waals surface area contributed by atoms with Crippen molar-refractivity contribution in [3.63, 3.8) is 0 Å². The number of halogens is 1. The van der Waals surface area contributed by atoms with Crippen LogP contribution in [0.4, 0.5) is 17.6 Å². The highest BCUT2D eigenvalue weighted by Gasteiger charge is 2.12. The van der Waals surface area contributed by atoms with Gasteiger partial charge in [-0.1, -0.05) is 36.7 Å². The second-order valence-corrected chi connectivity index (χ2v) is 5.81. The van der Waals surface area contributed by atoms with Crippen molar-refractivity contribution >= 4 is 35.2 Å². The number of benzene rings is 1. The van der Waals surface area contributed by atoms with Crippen LogP contribution in [0.1, 0.15) is 28.8 Å². The monoisotopic (exact) mass is 372 g/mol. The predicted octanol–water partition coefficient (Wildman–Crippen LogP) is 3.10. The van der Waals surface area contributed by atoms with E-state index < -0.39 is 5.97 Å². The molecule has 9 heteroatoms. The second-order valence-electron chi connectivity index (χ2n) is 5.38. The summed E-state index contributed by atoms with van der Waals surface area (Å²) in [4.78, 5) is 27.0. The Bertz CT molecular complexity index is 927. The molecule has 0 saturated carbocycles. The van der Waals surface area contributed by atoms with Gasteiger partial charge in [-0.05, 0) is 24.1 Å². The number of nitrogens with one attached hydrogen (secondary N) is 2. The zero-order valence-electron chi connectivity index (χ0n) is 14.0. The normalized spacial score (nSPS) is 10.5. The molecule has 134 valence electrons. The number of para-hydroxylation sites is 1. The molecule has 3 rings (SSSR count). The van der Waals surface area contributed by atoms with Crippen LogP contribution in [0, 0.1) is 0 Å². The Labute approximate surface area is 154 Å². The fraction of sp³-hybridized carbons (Fsp3) is 0.176. The van der Waals surface area contributed by atoms with Gasteiger partial charge in [0.1, 0.15) is 5.69 Å². The maximum absolute atomic E-state index is 11.9. The minimum absolute atomic E-state index is 0.0328. The van der Waals surface area contributed by atoms with Crippen molar-refractivity contribution in [2.45, 2.75) is 20.0 Å². The topological polar surface area (TPSA) is 119 Å². The van der Waals surface area contributed by atoms with E-state index >= 15 is 0 Å². The molecule has 2 aromatic heterocycles. The number of carbonyl (C=O) groups excluding carboxylic acids is 1. The van der Waals surface area contributed by atoms with Gasteiger partial charge in [-0.3, -0.25) is 0 Å². The molecule has 26 heavy (non-hydrogen) atoms. The SMILES string of the molecule is CCc1ccccc1Nc1nc(N)nc(COC(=O)c2cc(Cl)c[nH]2)n1. The standard InChI is InChI=1S/C17H17ClN6O2/c1-2-10-5-3-4-6-12(10)21-17-23-14(22-16(19)24-17)9-26-15(25)13-7-11(18)8-20-13/h3-8,20H,2,9H2,1H3,(H3,19,21,22,23,24). The second kappa shape index (κ2) is 7.83. The van der Waals surface area contributed by atoms with Crippen LogP contribution < -0.4 is 11.1 Å². The number of rotatable bonds is 6. The molecular weight excluding hydrogens is 356 g/mol. The number of ether oxygens (including phenoxy) is 1. The molecule has 2 heterocycles. The van der Waals surface area contributed by atoms with Crippen LogP contribution in [-0.2, 0) is 17.8 Å². The van der Waals surface area contributed by atoms with Gasteiger partial charge in [-0.15, -0.1) is 0 Å². The minimum Gasteiger partial charge on any atom is -0.453 e. The van der Waals surface area contributed by atoms with E-state index in [4.69, 9.17) is 22.1 Å². The summed E-state index contributed by atoms with van der Waals surface area (Å²) in [6.45, 7) is 1.91. The Morgan fingerprint density at radius 1 is 1.31 bits per heavy atom. The lowest BCUT2D eigenvalue weighted by Crippen LogP contribution is -2.11. The maximum atomic E-state index is 11.9. The number of nitrogen functional groups attached to an aromatic ring is 1. The number of esters is 1. The van der Waals surface area contributed by atoms with E-state index in [1.807, 2.05) is 24.3 Å². The summed E-state index contributed by atoms with van der Waals surface area (Å²) in [6.07, 6.45) is 2.35. The van der Waals surface area contributed by atoms with Crippen molar-refractivity contribution < 1.29 is 9.53 Å². The molecule has 3 aromatic rings. The van der Waals surface area contributed by atoms with E-state index in [1.165, 1.54) is 12.3 Å². The van der Waals surface area contributed by atoms with Crippen LogP contribution in [0.3, 0.4) is 0 Å². The number of anilines is 3. The molecule has 0 fully saturated rings. The molecule has 0 saturated heterocycles. The van der Waals surface area contributed by atoms with Crippen LogP contribution in [0.5, 0.6) is 0 Å². The largest absolute Gasteiger partial charge is 0.453 e. The zero-order valence-corrected chi connectivity index (χ0v) is 14.7. The third-order valence-corrected chi connectivity index (χ3v) is 3.76. The molecule has 1 aromatic carbocycles. The fourth-order valence-corrected chi connectivity index (χ4v) is 2.49. The van der Waals surface area contributed by atoms with E-state index in [2.05, 4.69) is 32.2 Å². The van der Waals surface area contributed by atoms with Crippen LogP contribution in [0.25, 0.3) is 0 Å². The van der Waals surface area contributed by atoms with Crippen molar-refractivity contribution in [1.82, 2.24) is 19.9 Å². The summed E-state index contributed by atoms with van der Waals surface area (Å²) in [5, 5.41) is 3.54. The van der Waals surface area contributed by atoms with Crippen molar-refractivity contribution in [3.8, 4) is 0 Å². The number of hydrogen-bond acceptors (Lipinski definition) is 7. The molecule has 4 N–H and O–H groups in total. The first kappa shape index (κ1) is 17.7. The van der Waals surface area contributed by atoms with Gasteiger partial charge in [0.25, 0.3) is 0 Å². The Kier molecular flexibility index (Phi) is 5.33. The lowest BCUT2D eigenvalue weighted by Gasteiger charge is -2.10. The van der Waals surface area contributed by atoms with Gasteiger partial charge in [0.2, 0.25) is 11.9 Å². The summed E-state index contributed by atoms with van der Waals surface area (Å²) in [5.74, 6) is -0.0143. The highest BCUT2D eigenvalue weighted by Crippen LogP contribution is 2.19. The Balaban J connectivity index is 1.72.